The molecule has 1 aromatic heterocycles. The molecular weight excluding hydrogens is 325 g/mol. The van der Waals surface area contributed by atoms with Crippen molar-refractivity contribution in [2.75, 3.05) is 4.72 Å². The number of benzene rings is 1. The van der Waals surface area contributed by atoms with E-state index in [1.54, 1.807) is 4.57 Å². The molecule has 23 heavy (non-hydrogen) atoms. The molecule has 0 atom stereocenters. The third kappa shape index (κ3) is 4.07. The highest BCUT2D eigenvalue weighted by Gasteiger charge is 2.20. The first-order valence-corrected chi connectivity index (χ1v) is 8.25. The molecule has 0 amide bonds. The minimum absolute atomic E-state index is 0.236. The van der Waals surface area contributed by atoms with Crippen LogP contribution in [0.15, 0.2) is 35.7 Å². The normalized spacial score (nSPS) is 11.7. The van der Waals surface area contributed by atoms with Crippen molar-refractivity contribution in [3.8, 4) is 0 Å². The second kappa shape index (κ2) is 6.37. The summed E-state index contributed by atoms with van der Waals surface area (Å²) >= 11 is 0. The summed E-state index contributed by atoms with van der Waals surface area (Å²) in [5, 5.41) is 8.53. The Morgan fingerprint density at radius 1 is 1.43 bits per heavy atom. The van der Waals surface area contributed by atoms with Crippen LogP contribution in [0.2, 0.25) is 0 Å². The molecule has 1 heterocycles. The minimum atomic E-state index is -4.05. The first-order valence-electron chi connectivity index (χ1n) is 6.76. The number of hydrogen-bond donors (Lipinski definition) is 2. The van der Waals surface area contributed by atoms with Crippen molar-refractivity contribution in [1.82, 2.24) is 9.55 Å². The van der Waals surface area contributed by atoms with Gasteiger partial charge in [0.25, 0.3) is 10.0 Å². The van der Waals surface area contributed by atoms with Crippen LogP contribution >= 0.6 is 0 Å². The fourth-order valence-electron chi connectivity index (χ4n) is 1.93. The van der Waals surface area contributed by atoms with E-state index in [4.69, 9.17) is 5.11 Å². The highest BCUT2D eigenvalue weighted by molar-refractivity contribution is 7.92. The minimum Gasteiger partial charge on any atom is -0.478 e. The van der Waals surface area contributed by atoms with Crippen LogP contribution in [-0.4, -0.2) is 29.0 Å². The highest BCUT2D eigenvalue weighted by atomic mass is 32.2. The summed E-state index contributed by atoms with van der Waals surface area (Å²) in [5.74, 6) is -1.96. The predicted molar refractivity (Wildman–Crippen MR) is 81.2 cm³/mol. The Morgan fingerprint density at radius 3 is 2.70 bits per heavy atom. The lowest BCUT2D eigenvalue weighted by atomic mass is 10.2. The lowest BCUT2D eigenvalue weighted by molar-refractivity contribution is 0.0696. The van der Waals surface area contributed by atoms with Gasteiger partial charge in [-0.15, -0.1) is 0 Å². The van der Waals surface area contributed by atoms with Crippen LogP contribution in [0.25, 0.3) is 0 Å². The zero-order chi connectivity index (χ0) is 17.2. The summed E-state index contributed by atoms with van der Waals surface area (Å²) in [6, 6.07) is 2.92. The summed E-state index contributed by atoms with van der Waals surface area (Å²) in [5.41, 5.74) is -0.611. The van der Waals surface area contributed by atoms with Crippen LogP contribution in [0.5, 0.6) is 0 Å². The van der Waals surface area contributed by atoms with Crippen LogP contribution in [-0.2, 0) is 16.6 Å². The Morgan fingerprint density at radius 2 is 2.13 bits per heavy atom. The number of nitrogens with one attached hydrogen (secondary N) is 1. The number of rotatable bonds is 6. The number of hydrogen-bond acceptors (Lipinski definition) is 4. The van der Waals surface area contributed by atoms with Crippen molar-refractivity contribution < 1.29 is 22.7 Å². The molecule has 1 aromatic carbocycles. The van der Waals surface area contributed by atoms with Crippen LogP contribution in [0.4, 0.5) is 10.1 Å². The number of sulfonamides is 1. The summed E-state index contributed by atoms with van der Waals surface area (Å²) in [7, 11) is -4.05. The van der Waals surface area contributed by atoms with E-state index in [-0.39, 0.29) is 16.3 Å². The smallest absolute Gasteiger partial charge is 0.335 e. The van der Waals surface area contributed by atoms with Crippen LogP contribution < -0.4 is 4.72 Å². The second-order valence-corrected chi connectivity index (χ2v) is 7.04. The molecule has 0 saturated carbocycles. The molecule has 2 aromatic rings. The zero-order valence-electron chi connectivity index (χ0n) is 12.5. The lowest BCUT2D eigenvalue weighted by Gasteiger charge is -2.08. The second-order valence-electron chi connectivity index (χ2n) is 5.41. The average Bonchev–Trinajstić information content (AvgIpc) is 2.89. The summed E-state index contributed by atoms with van der Waals surface area (Å²) < 4.78 is 41.9. The summed E-state index contributed by atoms with van der Waals surface area (Å²) in [4.78, 5) is 14.6. The number of aromatic nitrogens is 2. The van der Waals surface area contributed by atoms with Crippen molar-refractivity contribution in [3.63, 3.8) is 0 Å². The van der Waals surface area contributed by atoms with E-state index in [0.717, 1.165) is 18.2 Å². The van der Waals surface area contributed by atoms with E-state index in [0.29, 0.717) is 12.5 Å². The quantitative estimate of drug-likeness (QED) is 0.838. The molecule has 2 rings (SSSR count). The SMILES string of the molecule is CC(C)Cn1cnc(S(=O)(=O)Nc2ccc(C(=O)O)cc2F)c1. The summed E-state index contributed by atoms with van der Waals surface area (Å²) in [6.45, 7) is 4.56. The van der Waals surface area contributed by atoms with E-state index >= 15 is 0 Å². The predicted octanol–water partition coefficient (Wildman–Crippen LogP) is 2.18. The first kappa shape index (κ1) is 16.9. The van der Waals surface area contributed by atoms with Gasteiger partial charge in [0.1, 0.15) is 5.82 Å². The molecular formula is C14H16FN3O4S. The van der Waals surface area contributed by atoms with E-state index in [9.17, 15) is 17.6 Å². The molecule has 0 radical (unpaired) electrons. The number of aromatic carboxylic acids is 1. The molecule has 0 bridgehead atoms. The Hall–Kier alpha value is -2.42. The van der Waals surface area contributed by atoms with E-state index < -0.39 is 21.8 Å². The van der Waals surface area contributed by atoms with Gasteiger partial charge in [-0.2, -0.15) is 8.42 Å². The maximum Gasteiger partial charge on any atom is 0.335 e. The van der Waals surface area contributed by atoms with Gasteiger partial charge in [-0.3, -0.25) is 4.72 Å². The van der Waals surface area contributed by atoms with Gasteiger partial charge in [0, 0.05) is 12.7 Å². The number of anilines is 1. The Balaban J connectivity index is 2.24. The Kier molecular flexibility index (Phi) is 4.69. The maximum absolute atomic E-state index is 13.8. The van der Waals surface area contributed by atoms with E-state index in [1.807, 2.05) is 13.8 Å². The fraction of sp³-hybridized carbons (Fsp3) is 0.286. The molecule has 7 nitrogen and oxygen atoms in total. The number of carbonyl (C=O) groups is 1. The third-order valence-corrected chi connectivity index (χ3v) is 4.17. The van der Waals surface area contributed by atoms with Gasteiger partial charge in [-0.1, -0.05) is 13.8 Å². The topological polar surface area (TPSA) is 101 Å². The monoisotopic (exact) mass is 341 g/mol. The van der Waals surface area contributed by atoms with Crippen molar-refractivity contribution >= 4 is 21.7 Å². The molecule has 0 aliphatic carbocycles. The molecule has 0 saturated heterocycles. The Labute approximate surface area is 132 Å². The van der Waals surface area contributed by atoms with Crippen LogP contribution in [0.3, 0.4) is 0 Å². The molecule has 2 N–H and O–H groups in total. The van der Waals surface area contributed by atoms with Crippen molar-refractivity contribution in [1.29, 1.82) is 0 Å². The van der Waals surface area contributed by atoms with Gasteiger partial charge in [0.15, 0.2) is 5.03 Å². The molecule has 0 fully saturated rings. The molecule has 0 aliphatic rings. The average molecular weight is 341 g/mol. The van der Waals surface area contributed by atoms with Crippen LogP contribution in [0.1, 0.15) is 24.2 Å². The highest BCUT2D eigenvalue weighted by Crippen LogP contribution is 2.20. The van der Waals surface area contributed by atoms with Crippen molar-refractivity contribution in [3.05, 3.63) is 42.1 Å². The molecule has 9 heteroatoms. The number of halogens is 1. The van der Waals surface area contributed by atoms with Crippen molar-refractivity contribution in [2.45, 2.75) is 25.4 Å². The fourth-order valence-corrected chi connectivity index (χ4v) is 2.95. The van der Waals surface area contributed by atoms with Crippen LogP contribution in [0, 0.1) is 11.7 Å². The van der Waals surface area contributed by atoms with E-state index in [2.05, 4.69) is 9.71 Å². The molecule has 0 spiro atoms. The Bertz CT molecular complexity index is 830. The first-order chi connectivity index (χ1) is 10.7. The number of carboxylic acids is 1. The molecule has 0 unspecified atom stereocenters. The van der Waals surface area contributed by atoms with Gasteiger partial charge >= 0.3 is 5.97 Å². The van der Waals surface area contributed by atoms with Gasteiger partial charge in [0.2, 0.25) is 0 Å². The van der Waals surface area contributed by atoms with E-state index in [1.165, 1.54) is 12.5 Å². The number of carboxylic acid groups (broad SMARTS) is 1. The zero-order valence-corrected chi connectivity index (χ0v) is 13.3. The number of nitrogens with zero attached hydrogens (tertiary/aromatic N) is 2. The third-order valence-electron chi connectivity index (χ3n) is 2.92. The van der Waals surface area contributed by atoms with Gasteiger partial charge in [0.05, 0.1) is 17.6 Å². The lowest BCUT2D eigenvalue weighted by Crippen LogP contribution is -2.15. The molecule has 124 valence electrons. The molecule has 0 aliphatic heterocycles. The largest absolute Gasteiger partial charge is 0.478 e. The number of imidazole rings is 1. The van der Waals surface area contributed by atoms with Gasteiger partial charge < -0.3 is 9.67 Å². The van der Waals surface area contributed by atoms with Crippen molar-refractivity contribution in [2.24, 2.45) is 5.92 Å². The van der Waals surface area contributed by atoms with Gasteiger partial charge in [-0.05, 0) is 24.1 Å². The standard InChI is InChI=1S/C14H16FN3O4S/c1-9(2)6-18-7-13(16-8-18)23(21,22)17-12-4-3-10(14(19)20)5-11(12)15/h3-5,7-9,17H,6H2,1-2H3,(H,19,20). The van der Waals surface area contributed by atoms with Gasteiger partial charge in [-0.25, -0.2) is 14.2 Å². The summed E-state index contributed by atoms with van der Waals surface area (Å²) in [6.07, 6.45) is 2.74. The maximum atomic E-state index is 13.8.